The first-order valence-electron chi connectivity index (χ1n) is 6.83. The van der Waals surface area contributed by atoms with E-state index in [1.165, 1.54) is 5.57 Å². The van der Waals surface area contributed by atoms with E-state index in [0.717, 1.165) is 16.7 Å². The third-order valence-corrected chi connectivity index (χ3v) is 8.14. The van der Waals surface area contributed by atoms with Crippen LogP contribution in [0.15, 0.2) is 62.9 Å². The van der Waals surface area contributed by atoms with Crippen molar-refractivity contribution in [1.82, 2.24) is 0 Å². The maximum absolute atomic E-state index is 12.5. The van der Waals surface area contributed by atoms with Gasteiger partial charge in [0.2, 0.25) is 0 Å². The van der Waals surface area contributed by atoms with Crippen LogP contribution in [0.25, 0.3) is 0 Å². The van der Waals surface area contributed by atoms with Crippen molar-refractivity contribution in [2.24, 2.45) is 5.41 Å². The number of halogens is 2. The molecular formula is C17H14I2O2-2. The Morgan fingerprint density at radius 3 is 2.62 bits per heavy atom. The molecule has 21 heavy (non-hydrogen) atoms. The molecule has 2 aliphatic heterocycles. The van der Waals surface area contributed by atoms with Crippen LogP contribution >= 0.6 is 0 Å². The Kier molecular flexibility index (Phi) is 3.58. The van der Waals surface area contributed by atoms with E-state index in [1.54, 1.807) is 0 Å². The molecule has 4 rings (SSSR count). The molecule has 2 unspecified atom stereocenters. The van der Waals surface area contributed by atoms with Crippen LogP contribution in [-0.4, -0.2) is 17.0 Å². The molecule has 0 saturated heterocycles. The summed E-state index contributed by atoms with van der Waals surface area (Å²) in [7, 11) is 0. The zero-order valence-electron chi connectivity index (χ0n) is 11.2. The van der Waals surface area contributed by atoms with Gasteiger partial charge in [-0.3, -0.25) is 0 Å². The third-order valence-electron chi connectivity index (χ3n) is 4.47. The molecule has 0 radical (unpaired) electrons. The molecule has 4 heteroatoms. The number of fused-ring (bicyclic) bond motifs is 4. The number of allylic oxidation sites excluding steroid dienone is 6. The van der Waals surface area contributed by atoms with Crippen LogP contribution in [0.2, 0.25) is 0 Å². The van der Waals surface area contributed by atoms with Gasteiger partial charge in [-0.1, -0.05) is 0 Å². The van der Waals surface area contributed by atoms with Gasteiger partial charge in [-0.05, 0) is 0 Å². The molecule has 4 aliphatic rings. The van der Waals surface area contributed by atoms with Crippen molar-refractivity contribution < 1.29 is 52.3 Å². The van der Waals surface area contributed by atoms with Gasteiger partial charge in [-0.2, -0.15) is 0 Å². The molecule has 0 amide bonds. The summed E-state index contributed by atoms with van der Waals surface area (Å²) in [6, 6.07) is 0. The number of aliphatic hydroxyl groups is 1. The second-order valence-corrected chi connectivity index (χ2v) is 9.66. The molecule has 2 nitrogen and oxygen atoms in total. The van der Waals surface area contributed by atoms with Crippen LogP contribution in [0.4, 0.5) is 0 Å². The first-order chi connectivity index (χ1) is 10.2. The van der Waals surface area contributed by atoms with Crippen molar-refractivity contribution in [2.75, 3.05) is 0 Å². The zero-order valence-corrected chi connectivity index (χ0v) is 15.5. The van der Waals surface area contributed by atoms with Crippen LogP contribution in [0, 0.1) is 5.41 Å². The molecule has 0 aromatic carbocycles. The normalized spacial score (nSPS) is 34.5. The number of hydrogen-bond donors (Lipinski definition) is 1. The Balaban J connectivity index is 1.93. The summed E-state index contributed by atoms with van der Waals surface area (Å²) >= 11 is -0.289. The molecule has 2 aliphatic carbocycles. The third kappa shape index (κ3) is 2.09. The van der Waals surface area contributed by atoms with Gasteiger partial charge < -0.3 is 0 Å². The van der Waals surface area contributed by atoms with E-state index in [-0.39, 0.29) is 53.6 Å². The van der Waals surface area contributed by atoms with Gasteiger partial charge in [0, 0.05) is 0 Å². The summed E-state index contributed by atoms with van der Waals surface area (Å²) in [4.78, 5) is 12.5. The summed E-state index contributed by atoms with van der Waals surface area (Å²) < 4.78 is 8.77. The molecule has 2 fully saturated rings. The van der Waals surface area contributed by atoms with E-state index in [4.69, 9.17) is 0 Å². The Hall–Kier alpha value is -0.470. The molecule has 2 atom stereocenters. The molecule has 0 bridgehead atoms. The summed E-state index contributed by atoms with van der Waals surface area (Å²) in [6.45, 7) is 0. The van der Waals surface area contributed by atoms with E-state index in [1.807, 2.05) is 0 Å². The fraction of sp³-hybridized carbons (Fsp3) is 0.235. The first-order valence-corrected chi connectivity index (χ1v) is 11.8. The Labute approximate surface area is 144 Å². The van der Waals surface area contributed by atoms with Crippen LogP contribution in [-0.2, 0) is 4.79 Å². The van der Waals surface area contributed by atoms with Gasteiger partial charge in [-0.25, -0.2) is 0 Å². The monoisotopic (exact) mass is 504 g/mol. The predicted molar refractivity (Wildman–Crippen MR) is 73.3 cm³/mol. The minimum atomic E-state index is -0.425. The van der Waals surface area contributed by atoms with E-state index in [2.05, 4.69) is 40.6 Å². The minimum absolute atomic E-state index is 0.125. The van der Waals surface area contributed by atoms with Crippen LogP contribution in [0.3, 0.4) is 0 Å². The predicted octanol–water partition coefficient (Wildman–Crippen LogP) is -3.44. The molecule has 2 heterocycles. The van der Waals surface area contributed by atoms with Gasteiger partial charge in [0.15, 0.2) is 0 Å². The molecule has 0 aromatic rings. The summed E-state index contributed by atoms with van der Waals surface area (Å²) in [5.74, 6) is 0.252. The molecule has 1 N–H and O–H groups in total. The quantitative estimate of drug-likeness (QED) is 0.349. The van der Waals surface area contributed by atoms with Gasteiger partial charge in [0.25, 0.3) is 0 Å². The number of Topliss-reactive ketones (excluding diaryl/α,β-unsaturated/α-hetero) is 1. The molecule has 0 aromatic heterocycles. The summed E-state index contributed by atoms with van der Waals surface area (Å²) in [5, 5.41) is 10.5. The van der Waals surface area contributed by atoms with Crippen molar-refractivity contribution in [1.29, 1.82) is 0 Å². The fourth-order valence-electron chi connectivity index (χ4n) is 3.61. The summed E-state index contributed by atoms with van der Waals surface area (Å²) in [6.07, 6.45) is 9.21. The molecule has 2 saturated carbocycles. The topological polar surface area (TPSA) is 37.3 Å². The van der Waals surface area contributed by atoms with E-state index in [0.29, 0.717) is 12.8 Å². The standard InChI is InChI=1S/C17H14I2O2/c20-15-7-17(13-3-1-5-18-9-11(13)15)8-16(21)12-10-19-6-2-4-14(12)17/h1-6,9-10,15,20H,7-8H2/q-2. The number of aliphatic hydroxyl groups excluding tert-OH is 1. The first kappa shape index (κ1) is 14.1. The number of ketones is 1. The second-order valence-electron chi connectivity index (χ2n) is 5.54. The van der Waals surface area contributed by atoms with Crippen molar-refractivity contribution in [3.8, 4) is 0 Å². The zero-order chi connectivity index (χ0) is 14.4. The number of hydrogen-bond acceptors (Lipinski definition) is 2. The van der Waals surface area contributed by atoms with E-state index >= 15 is 0 Å². The van der Waals surface area contributed by atoms with Gasteiger partial charge in [0.05, 0.1) is 0 Å². The van der Waals surface area contributed by atoms with Gasteiger partial charge in [0.1, 0.15) is 0 Å². The fourth-order valence-corrected chi connectivity index (χ4v) is 7.10. The Morgan fingerprint density at radius 2 is 1.81 bits per heavy atom. The number of rotatable bonds is 0. The van der Waals surface area contributed by atoms with Crippen molar-refractivity contribution >= 4 is 5.78 Å². The van der Waals surface area contributed by atoms with Crippen molar-refractivity contribution in [3.05, 3.63) is 62.9 Å². The van der Waals surface area contributed by atoms with Crippen molar-refractivity contribution in [3.63, 3.8) is 0 Å². The van der Waals surface area contributed by atoms with Crippen molar-refractivity contribution in [2.45, 2.75) is 18.9 Å². The maximum atomic E-state index is 12.5. The van der Waals surface area contributed by atoms with Crippen LogP contribution in [0.1, 0.15) is 12.8 Å². The van der Waals surface area contributed by atoms with Gasteiger partial charge in [-0.15, -0.1) is 0 Å². The average molecular weight is 504 g/mol. The van der Waals surface area contributed by atoms with E-state index < -0.39 is 6.10 Å². The second kappa shape index (κ2) is 5.31. The number of carbonyl (C=O) groups excluding carboxylic acids is 1. The SMILES string of the molecule is O=C1CC2(CC(O)C3=C[I-]C=CC=C32)C2=CC=C[I-]C=C12. The Bertz CT molecular complexity index is 706. The molecule has 110 valence electrons. The van der Waals surface area contributed by atoms with Crippen LogP contribution in [0.5, 0.6) is 0 Å². The molecule has 1 spiro atoms. The average Bonchev–Trinajstić information content (AvgIpc) is 2.78. The van der Waals surface area contributed by atoms with E-state index in [9.17, 15) is 9.90 Å². The molecular weight excluding hydrogens is 490 g/mol. The van der Waals surface area contributed by atoms with Gasteiger partial charge >= 0.3 is 145 Å². The summed E-state index contributed by atoms with van der Waals surface area (Å²) in [5.41, 5.74) is 4.03. The Morgan fingerprint density at radius 1 is 1.10 bits per heavy atom. The van der Waals surface area contributed by atoms with Crippen LogP contribution < -0.4 is 42.4 Å². The number of carbonyl (C=O) groups is 1.